The topological polar surface area (TPSA) is 54.7 Å². The molecule has 6 heteroatoms. The van der Waals surface area contributed by atoms with Crippen molar-refractivity contribution in [2.75, 3.05) is 5.73 Å². The van der Waals surface area contributed by atoms with Gasteiger partial charge in [-0.05, 0) is 30.3 Å². The Morgan fingerprint density at radius 1 is 1.16 bits per heavy atom. The number of nitrogens with zero attached hydrogens (tertiary/aromatic N) is 1. The van der Waals surface area contributed by atoms with Crippen molar-refractivity contribution in [2.45, 2.75) is 0 Å². The zero-order chi connectivity index (χ0) is 13.6. The zero-order valence-electron chi connectivity index (χ0n) is 9.55. The highest BCUT2D eigenvalue weighted by atomic mass is 79.9. The summed E-state index contributed by atoms with van der Waals surface area (Å²) in [7, 11) is 0. The number of fused-ring (bicyclic) bond motifs is 1. The molecular formula is C13H8BrCl2N3. The van der Waals surface area contributed by atoms with Gasteiger partial charge in [0.1, 0.15) is 11.3 Å². The maximum Gasteiger partial charge on any atom is 0.140 e. The predicted octanol–water partition coefficient (Wildman–Crippen LogP) is 4.88. The Kier molecular flexibility index (Phi) is 3.17. The molecule has 3 nitrogen and oxygen atoms in total. The number of nitrogens with two attached hydrogens (primary N) is 1. The Labute approximate surface area is 127 Å². The summed E-state index contributed by atoms with van der Waals surface area (Å²) >= 11 is 15.6. The van der Waals surface area contributed by atoms with E-state index < -0.39 is 0 Å². The van der Waals surface area contributed by atoms with Crippen LogP contribution in [0.15, 0.2) is 34.8 Å². The van der Waals surface area contributed by atoms with Crippen molar-refractivity contribution in [1.82, 2.24) is 9.97 Å². The summed E-state index contributed by atoms with van der Waals surface area (Å²) in [6.07, 6.45) is 0. The molecule has 1 heterocycles. The van der Waals surface area contributed by atoms with Crippen LogP contribution in [0.25, 0.3) is 22.4 Å². The molecule has 3 N–H and O–H groups in total. The van der Waals surface area contributed by atoms with Crippen LogP contribution >= 0.6 is 39.1 Å². The SMILES string of the molecule is Nc1cc(Br)cc2[nH]c(-c3cc(Cl)ccc3Cl)nc12. The Balaban J connectivity index is 2.26. The monoisotopic (exact) mass is 355 g/mol. The Hall–Kier alpha value is -1.23. The van der Waals surface area contributed by atoms with Crippen molar-refractivity contribution < 1.29 is 0 Å². The highest BCUT2D eigenvalue weighted by Gasteiger charge is 2.11. The number of aromatic amines is 1. The van der Waals surface area contributed by atoms with Crippen LogP contribution < -0.4 is 5.73 Å². The van der Waals surface area contributed by atoms with Gasteiger partial charge in [-0.1, -0.05) is 39.1 Å². The number of nitrogen functional groups attached to an aromatic ring is 1. The minimum atomic E-state index is 0.584. The first-order valence-corrected chi connectivity index (χ1v) is 6.99. The molecule has 0 radical (unpaired) electrons. The fourth-order valence-corrected chi connectivity index (χ4v) is 2.77. The number of imidazole rings is 1. The number of anilines is 1. The summed E-state index contributed by atoms with van der Waals surface area (Å²) in [5.41, 5.74) is 8.86. The zero-order valence-corrected chi connectivity index (χ0v) is 12.6. The van der Waals surface area contributed by atoms with Crippen LogP contribution in [0, 0.1) is 0 Å². The maximum atomic E-state index is 6.17. The number of aromatic nitrogens is 2. The van der Waals surface area contributed by atoms with Crippen molar-refractivity contribution in [3.8, 4) is 11.4 Å². The molecule has 0 aliphatic heterocycles. The number of hydrogen-bond acceptors (Lipinski definition) is 2. The second kappa shape index (κ2) is 4.71. The first-order valence-electron chi connectivity index (χ1n) is 5.45. The molecule has 0 unspecified atom stereocenters. The largest absolute Gasteiger partial charge is 0.397 e. The number of rotatable bonds is 1. The van der Waals surface area contributed by atoms with Crippen LogP contribution in [0.4, 0.5) is 5.69 Å². The Bertz CT molecular complexity index is 783. The first kappa shape index (κ1) is 12.8. The lowest BCUT2D eigenvalue weighted by Gasteiger charge is -2.00. The van der Waals surface area contributed by atoms with Crippen LogP contribution in [0.2, 0.25) is 10.0 Å². The van der Waals surface area contributed by atoms with E-state index in [-0.39, 0.29) is 0 Å². The molecular weight excluding hydrogens is 349 g/mol. The number of hydrogen-bond donors (Lipinski definition) is 2. The van der Waals surface area contributed by atoms with Crippen LogP contribution in [0.1, 0.15) is 0 Å². The molecule has 0 bridgehead atoms. The van der Waals surface area contributed by atoms with Gasteiger partial charge in [-0.25, -0.2) is 4.98 Å². The van der Waals surface area contributed by atoms with Gasteiger partial charge in [0.05, 0.1) is 16.2 Å². The number of benzene rings is 2. The molecule has 0 spiro atoms. The number of H-pyrrole nitrogens is 1. The number of nitrogens with one attached hydrogen (secondary N) is 1. The van der Waals surface area contributed by atoms with Gasteiger partial charge in [-0.2, -0.15) is 0 Å². The molecule has 0 aliphatic rings. The summed E-state index contributed by atoms with van der Waals surface area (Å²) in [6, 6.07) is 8.98. The van der Waals surface area contributed by atoms with E-state index in [4.69, 9.17) is 28.9 Å². The fourth-order valence-electron chi connectivity index (χ4n) is 1.91. The molecule has 96 valence electrons. The first-order chi connectivity index (χ1) is 9.04. The van der Waals surface area contributed by atoms with Crippen molar-refractivity contribution in [2.24, 2.45) is 0 Å². The highest BCUT2D eigenvalue weighted by molar-refractivity contribution is 9.10. The van der Waals surface area contributed by atoms with Gasteiger partial charge < -0.3 is 10.7 Å². The smallest absolute Gasteiger partial charge is 0.140 e. The van der Waals surface area contributed by atoms with E-state index in [1.807, 2.05) is 12.1 Å². The third kappa shape index (κ3) is 2.31. The Morgan fingerprint density at radius 2 is 1.95 bits per heavy atom. The minimum absolute atomic E-state index is 0.584. The minimum Gasteiger partial charge on any atom is -0.397 e. The van der Waals surface area contributed by atoms with E-state index in [0.29, 0.717) is 27.1 Å². The lowest BCUT2D eigenvalue weighted by atomic mass is 10.2. The molecule has 1 aromatic heterocycles. The summed E-state index contributed by atoms with van der Waals surface area (Å²) in [4.78, 5) is 7.68. The third-order valence-electron chi connectivity index (χ3n) is 2.76. The summed E-state index contributed by atoms with van der Waals surface area (Å²) < 4.78 is 0.893. The van der Waals surface area contributed by atoms with E-state index in [1.54, 1.807) is 18.2 Å². The van der Waals surface area contributed by atoms with Gasteiger partial charge in [-0.15, -0.1) is 0 Å². The van der Waals surface area contributed by atoms with Crippen molar-refractivity contribution in [3.05, 3.63) is 44.8 Å². The normalized spacial score (nSPS) is 11.1. The van der Waals surface area contributed by atoms with E-state index >= 15 is 0 Å². The number of halogens is 3. The predicted molar refractivity (Wildman–Crippen MR) is 83.7 cm³/mol. The standard InChI is InChI=1S/C13H8BrCl2N3/c14-6-3-10(17)12-11(4-6)18-13(19-12)8-5-7(15)1-2-9(8)16/h1-5H,17H2,(H,18,19). The van der Waals surface area contributed by atoms with Crippen LogP contribution in [0.5, 0.6) is 0 Å². The third-order valence-corrected chi connectivity index (χ3v) is 3.79. The van der Waals surface area contributed by atoms with Gasteiger partial charge in [-0.3, -0.25) is 0 Å². The molecule has 3 rings (SSSR count). The average Bonchev–Trinajstić information content (AvgIpc) is 2.76. The van der Waals surface area contributed by atoms with Crippen molar-refractivity contribution in [3.63, 3.8) is 0 Å². The second-order valence-electron chi connectivity index (χ2n) is 4.10. The molecule has 0 amide bonds. The van der Waals surface area contributed by atoms with E-state index in [9.17, 15) is 0 Å². The van der Waals surface area contributed by atoms with E-state index in [0.717, 1.165) is 15.6 Å². The van der Waals surface area contributed by atoms with Crippen LogP contribution in [-0.4, -0.2) is 9.97 Å². The second-order valence-corrected chi connectivity index (χ2v) is 5.86. The maximum absolute atomic E-state index is 6.17. The highest BCUT2D eigenvalue weighted by Crippen LogP contribution is 2.32. The van der Waals surface area contributed by atoms with E-state index in [1.165, 1.54) is 0 Å². The molecule has 0 atom stereocenters. The van der Waals surface area contributed by atoms with Gasteiger partial charge in [0, 0.05) is 15.1 Å². The summed E-state index contributed by atoms with van der Waals surface area (Å²) in [5, 5.41) is 1.19. The van der Waals surface area contributed by atoms with Crippen molar-refractivity contribution in [1.29, 1.82) is 0 Å². The van der Waals surface area contributed by atoms with Gasteiger partial charge in [0.25, 0.3) is 0 Å². The molecule has 19 heavy (non-hydrogen) atoms. The molecule has 3 aromatic rings. The fraction of sp³-hybridized carbons (Fsp3) is 0. The van der Waals surface area contributed by atoms with Crippen LogP contribution in [0.3, 0.4) is 0 Å². The van der Waals surface area contributed by atoms with Crippen molar-refractivity contribution >= 4 is 55.9 Å². The van der Waals surface area contributed by atoms with Gasteiger partial charge >= 0.3 is 0 Å². The molecule has 0 saturated carbocycles. The van der Waals surface area contributed by atoms with Gasteiger partial charge in [0.15, 0.2) is 0 Å². The Morgan fingerprint density at radius 3 is 2.74 bits per heavy atom. The lowest BCUT2D eigenvalue weighted by Crippen LogP contribution is -1.86. The molecule has 2 aromatic carbocycles. The molecule has 0 aliphatic carbocycles. The van der Waals surface area contributed by atoms with Crippen LogP contribution in [-0.2, 0) is 0 Å². The quantitative estimate of drug-likeness (QED) is 0.610. The average molecular weight is 357 g/mol. The lowest BCUT2D eigenvalue weighted by molar-refractivity contribution is 1.34. The van der Waals surface area contributed by atoms with E-state index in [2.05, 4.69) is 25.9 Å². The van der Waals surface area contributed by atoms with Gasteiger partial charge in [0.2, 0.25) is 0 Å². The summed E-state index contributed by atoms with van der Waals surface area (Å²) in [6.45, 7) is 0. The molecule has 0 saturated heterocycles. The summed E-state index contributed by atoms with van der Waals surface area (Å²) in [5.74, 6) is 0.646. The molecule has 0 fully saturated rings.